The zero-order chi connectivity index (χ0) is 24.0. The van der Waals surface area contributed by atoms with Gasteiger partial charge >= 0.3 is 35.5 Å². The Bertz CT molecular complexity index is 1240. The van der Waals surface area contributed by atoms with Crippen molar-refractivity contribution >= 4 is 45.8 Å². The molecule has 1 aromatic heterocycles. The van der Waals surface area contributed by atoms with Crippen LogP contribution in [0.5, 0.6) is 0 Å². The van der Waals surface area contributed by atoms with Gasteiger partial charge in [0.1, 0.15) is 22.7 Å². The van der Waals surface area contributed by atoms with Gasteiger partial charge in [-0.3, -0.25) is 4.79 Å². The molecule has 34 heavy (non-hydrogen) atoms. The molecule has 1 heterocycles. The topological polar surface area (TPSA) is 126 Å². The van der Waals surface area contributed by atoms with E-state index in [2.05, 4.69) is 11.4 Å². The molecule has 0 saturated heterocycles. The molecule has 168 valence electrons. The molecule has 0 unspecified atom stereocenters. The molecule has 0 saturated carbocycles. The van der Waals surface area contributed by atoms with Crippen LogP contribution in [0, 0.1) is 22.7 Å². The molecule has 7 nitrogen and oxygen atoms in total. The molecule has 1 aliphatic rings. The van der Waals surface area contributed by atoms with Gasteiger partial charge in [0.2, 0.25) is 0 Å². The number of allylic oxidation sites excluding steroid dienone is 1. The first-order chi connectivity index (χ1) is 15.9. The average molecular weight is 504 g/mol. The SMILES string of the molecule is CCOC(=O)C(C#N)=C([O-])C(Nc1sc2c(c1C#N)CCCC2)=C(C=O)c1ccc(Cl)cc1.[Na+]. The van der Waals surface area contributed by atoms with Crippen molar-refractivity contribution < 1.29 is 49.0 Å². The van der Waals surface area contributed by atoms with Crippen molar-refractivity contribution in [1.82, 2.24) is 0 Å². The molecular weight excluding hydrogens is 485 g/mol. The summed E-state index contributed by atoms with van der Waals surface area (Å²) in [4.78, 5) is 25.4. The monoisotopic (exact) mass is 503 g/mol. The number of carbonyl (C=O) groups is 2. The van der Waals surface area contributed by atoms with E-state index < -0.39 is 17.3 Å². The Balaban J connectivity index is 0.00000408. The maximum atomic E-state index is 13.3. The number of nitriles is 2. The number of nitrogens with one attached hydrogen (secondary N) is 1. The first-order valence-corrected chi connectivity index (χ1v) is 11.4. The number of esters is 1. The van der Waals surface area contributed by atoms with E-state index in [9.17, 15) is 25.2 Å². The number of aldehydes is 1. The Kier molecular flexibility index (Phi) is 10.4. The van der Waals surface area contributed by atoms with Gasteiger partial charge in [-0.15, -0.1) is 11.3 Å². The predicted molar refractivity (Wildman–Crippen MR) is 123 cm³/mol. The van der Waals surface area contributed by atoms with Crippen LogP contribution in [0.4, 0.5) is 5.00 Å². The summed E-state index contributed by atoms with van der Waals surface area (Å²) in [6.45, 7) is 1.52. The molecule has 3 rings (SSSR count). The van der Waals surface area contributed by atoms with E-state index in [1.165, 1.54) is 11.3 Å². The summed E-state index contributed by atoms with van der Waals surface area (Å²) in [7, 11) is 0. The molecule has 1 N–H and O–H groups in total. The number of fused-ring (bicyclic) bond motifs is 1. The number of anilines is 1. The number of rotatable bonds is 7. The third-order valence-electron chi connectivity index (χ3n) is 5.11. The van der Waals surface area contributed by atoms with Crippen molar-refractivity contribution in [3.63, 3.8) is 0 Å². The fourth-order valence-corrected chi connectivity index (χ4v) is 4.92. The maximum absolute atomic E-state index is 13.3. The van der Waals surface area contributed by atoms with Crippen LogP contribution in [-0.2, 0) is 27.2 Å². The predicted octanol–water partition coefficient (Wildman–Crippen LogP) is 0.879. The Hall–Kier alpha value is -2.59. The summed E-state index contributed by atoms with van der Waals surface area (Å²) in [5.74, 6) is -2.08. The van der Waals surface area contributed by atoms with Gasteiger partial charge < -0.3 is 15.2 Å². The third kappa shape index (κ3) is 5.90. The van der Waals surface area contributed by atoms with Gasteiger partial charge in [-0.05, 0) is 55.9 Å². The molecule has 0 amide bonds. The molecule has 2 aromatic rings. The normalized spacial score (nSPS) is 13.6. The standard InChI is InChI=1S/C24H20ClN3O4S.Na/c1-2-32-24(31)18(12-27)22(30)21(19(13-29)14-7-9-15(25)10-8-14)28-23-17(11-26)16-5-3-4-6-20(16)33-23;/h7-10,13,28,30H,2-6H2,1H3;/q;+1/p-1. The third-order valence-corrected chi connectivity index (χ3v) is 6.57. The fraction of sp³-hybridized carbons (Fsp3) is 0.250. The number of thiophene rings is 1. The van der Waals surface area contributed by atoms with Crippen LogP contribution in [0.1, 0.15) is 41.3 Å². The van der Waals surface area contributed by atoms with E-state index in [-0.39, 0.29) is 47.4 Å². The van der Waals surface area contributed by atoms with E-state index in [4.69, 9.17) is 16.3 Å². The Morgan fingerprint density at radius 1 is 1.26 bits per heavy atom. The van der Waals surface area contributed by atoms with Gasteiger partial charge in [0, 0.05) is 21.2 Å². The summed E-state index contributed by atoms with van der Waals surface area (Å²) in [5.41, 5.74) is 0.544. The van der Waals surface area contributed by atoms with E-state index >= 15 is 0 Å². The molecular formula is C24H19ClN3NaO4S. The maximum Gasteiger partial charge on any atom is 1.00 e. The molecule has 0 atom stereocenters. The number of aryl methyl sites for hydroxylation is 1. The quantitative estimate of drug-likeness (QED) is 0.113. The van der Waals surface area contributed by atoms with Crippen LogP contribution in [-0.4, -0.2) is 18.9 Å². The number of hydrogen-bond acceptors (Lipinski definition) is 8. The van der Waals surface area contributed by atoms with Crippen molar-refractivity contribution in [3.8, 4) is 12.1 Å². The number of nitrogens with zero attached hydrogens (tertiary/aromatic N) is 2. The molecule has 0 fully saturated rings. The first-order valence-electron chi connectivity index (χ1n) is 10.2. The minimum atomic E-state index is -1.09. The van der Waals surface area contributed by atoms with Crippen molar-refractivity contribution in [2.75, 3.05) is 11.9 Å². The zero-order valence-electron chi connectivity index (χ0n) is 18.7. The van der Waals surface area contributed by atoms with E-state index in [1.807, 2.05) is 0 Å². The fourth-order valence-electron chi connectivity index (χ4n) is 3.55. The van der Waals surface area contributed by atoms with Crippen molar-refractivity contribution in [1.29, 1.82) is 10.5 Å². The second kappa shape index (κ2) is 12.8. The number of halogens is 1. The number of carbonyl (C=O) groups excluding carboxylic acids is 2. The van der Waals surface area contributed by atoms with Gasteiger partial charge in [-0.25, -0.2) is 4.79 Å². The van der Waals surface area contributed by atoms with Crippen LogP contribution in [0.3, 0.4) is 0 Å². The molecule has 0 aliphatic heterocycles. The van der Waals surface area contributed by atoms with E-state index in [1.54, 1.807) is 37.3 Å². The van der Waals surface area contributed by atoms with Gasteiger partial charge in [0.05, 0.1) is 12.2 Å². The minimum absolute atomic E-state index is 0. The van der Waals surface area contributed by atoms with Crippen molar-refractivity contribution in [3.05, 3.63) is 67.9 Å². The summed E-state index contributed by atoms with van der Waals surface area (Å²) >= 11 is 7.28. The van der Waals surface area contributed by atoms with Crippen LogP contribution in [0.15, 0.2) is 41.3 Å². The second-order valence-electron chi connectivity index (χ2n) is 7.10. The average Bonchev–Trinajstić information content (AvgIpc) is 3.17. The van der Waals surface area contributed by atoms with Gasteiger partial charge in [-0.2, -0.15) is 10.5 Å². The first kappa shape index (κ1) is 27.7. The number of benzene rings is 1. The van der Waals surface area contributed by atoms with Crippen molar-refractivity contribution in [2.45, 2.75) is 32.6 Å². The summed E-state index contributed by atoms with van der Waals surface area (Å²) in [6.07, 6.45) is 3.99. The van der Waals surface area contributed by atoms with Crippen molar-refractivity contribution in [2.24, 2.45) is 0 Å². The van der Waals surface area contributed by atoms with Crippen LogP contribution in [0.2, 0.25) is 5.02 Å². The van der Waals surface area contributed by atoms with Crippen LogP contribution in [0.25, 0.3) is 5.57 Å². The van der Waals surface area contributed by atoms with E-state index in [0.717, 1.165) is 36.1 Å². The smallest absolute Gasteiger partial charge is 0.870 e. The Labute approximate surface area is 228 Å². The van der Waals surface area contributed by atoms with Gasteiger partial charge in [0.15, 0.2) is 6.29 Å². The molecule has 0 bridgehead atoms. The summed E-state index contributed by atoms with van der Waals surface area (Å²) < 4.78 is 4.84. The largest absolute Gasteiger partial charge is 1.00 e. The number of hydrogen-bond donors (Lipinski definition) is 1. The molecule has 0 spiro atoms. The second-order valence-corrected chi connectivity index (χ2v) is 8.64. The van der Waals surface area contributed by atoms with Crippen LogP contribution >= 0.6 is 22.9 Å². The zero-order valence-corrected chi connectivity index (χ0v) is 22.3. The van der Waals surface area contributed by atoms with Crippen LogP contribution < -0.4 is 40.0 Å². The summed E-state index contributed by atoms with van der Waals surface area (Å²) in [6, 6.07) is 9.96. The molecule has 0 radical (unpaired) electrons. The minimum Gasteiger partial charge on any atom is -0.870 e. The van der Waals surface area contributed by atoms with E-state index in [0.29, 0.717) is 27.4 Å². The Morgan fingerprint density at radius 2 is 1.94 bits per heavy atom. The Morgan fingerprint density at radius 3 is 2.53 bits per heavy atom. The summed E-state index contributed by atoms with van der Waals surface area (Å²) in [5, 5.41) is 36.3. The van der Waals surface area contributed by atoms with Gasteiger partial charge in [-0.1, -0.05) is 29.5 Å². The molecule has 10 heteroatoms. The molecule has 1 aliphatic carbocycles. The van der Waals surface area contributed by atoms with Gasteiger partial charge in [0.25, 0.3) is 0 Å². The number of ether oxygens (including phenoxy) is 1. The molecule has 1 aromatic carbocycles.